The summed E-state index contributed by atoms with van der Waals surface area (Å²) in [5, 5.41) is 12.3. The smallest absolute Gasteiger partial charge is 0.338 e. The monoisotopic (exact) mass is 440 g/mol. The molecule has 31 heavy (non-hydrogen) atoms. The van der Waals surface area contributed by atoms with E-state index in [2.05, 4.69) is 11.9 Å². The molecule has 1 N–H and O–H groups in total. The van der Waals surface area contributed by atoms with Crippen LogP contribution in [0.3, 0.4) is 0 Å². The van der Waals surface area contributed by atoms with Crippen molar-refractivity contribution < 1.29 is 23.8 Å². The van der Waals surface area contributed by atoms with E-state index in [4.69, 9.17) is 25.8 Å². The Balaban J connectivity index is 2.22. The van der Waals surface area contributed by atoms with Gasteiger partial charge in [-0.1, -0.05) is 24.3 Å². The fourth-order valence-electron chi connectivity index (χ4n) is 2.52. The zero-order valence-electron chi connectivity index (χ0n) is 17.1. The number of halogens is 1. The molecule has 1 amide bonds. The maximum Gasteiger partial charge on any atom is 0.338 e. The number of benzene rings is 2. The average Bonchev–Trinajstić information content (AvgIpc) is 2.76. The number of rotatable bonds is 9. The van der Waals surface area contributed by atoms with Crippen LogP contribution in [0.15, 0.2) is 54.6 Å². The number of esters is 1. The third kappa shape index (κ3) is 6.36. The minimum absolute atomic E-state index is 0.146. The Hall–Kier alpha value is -3.76. The van der Waals surface area contributed by atoms with E-state index in [1.807, 2.05) is 6.07 Å². The summed E-state index contributed by atoms with van der Waals surface area (Å²) in [7, 11) is 1.46. The topological polar surface area (TPSA) is 97.7 Å². The Morgan fingerprint density at radius 3 is 2.55 bits per heavy atom. The lowest BCUT2D eigenvalue weighted by molar-refractivity contribution is -0.112. The molecule has 0 aliphatic heterocycles. The molecular formula is C23H21ClN2O5. The molecule has 7 nitrogen and oxygen atoms in total. The normalized spacial score (nSPS) is 10.6. The van der Waals surface area contributed by atoms with Gasteiger partial charge in [0, 0.05) is 5.69 Å². The highest BCUT2D eigenvalue weighted by molar-refractivity contribution is 6.32. The van der Waals surface area contributed by atoms with Crippen LogP contribution in [0.2, 0.25) is 5.02 Å². The summed E-state index contributed by atoms with van der Waals surface area (Å²) in [6, 6.07) is 11.2. The van der Waals surface area contributed by atoms with Crippen LogP contribution in [0.1, 0.15) is 22.8 Å². The van der Waals surface area contributed by atoms with Crippen molar-refractivity contribution in [1.29, 1.82) is 5.26 Å². The van der Waals surface area contributed by atoms with E-state index >= 15 is 0 Å². The summed E-state index contributed by atoms with van der Waals surface area (Å²) in [5.74, 6) is -0.378. The van der Waals surface area contributed by atoms with Crippen molar-refractivity contribution in [2.75, 3.05) is 25.6 Å². The Morgan fingerprint density at radius 2 is 1.97 bits per heavy atom. The van der Waals surface area contributed by atoms with E-state index < -0.39 is 11.9 Å². The first-order valence-electron chi connectivity index (χ1n) is 9.25. The highest BCUT2D eigenvalue weighted by Crippen LogP contribution is 2.37. The molecule has 0 atom stereocenters. The number of hydrogen-bond donors (Lipinski definition) is 1. The predicted octanol–water partition coefficient (Wildman–Crippen LogP) is 4.64. The Bertz CT molecular complexity index is 1040. The van der Waals surface area contributed by atoms with Crippen molar-refractivity contribution in [3.63, 3.8) is 0 Å². The van der Waals surface area contributed by atoms with Crippen molar-refractivity contribution in [2.24, 2.45) is 0 Å². The van der Waals surface area contributed by atoms with Gasteiger partial charge in [-0.2, -0.15) is 5.26 Å². The molecule has 0 aliphatic rings. The molecule has 0 fully saturated rings. The van der Waals surface area contributed by atoms with Gasteiger partial charge in [-0.3, -0.25) is 4.79 Å². The van der Waals surface area contributed by atoms with Crippen molar-refractivity contribution in [3.8, 4) is 17.6 Å². The minimum Gasteiger partial charge on any atom is -0.493 e. The van der Waals surface area contributed by atoms with Crippen molar-refractivity contribution in [3.05, 3.63) is 70.8 Å². The largest absolute Gasteiger partial charge is 0.493 e. The van der Waals surface area contributed by atoms with Crippen LogP contribution < -0.4 is 14.8 Å². The van der Waals surface area contributed by atoms with Crippen molar-refractivity contribution >= 4 is 35.2 Å². The van der Waals surface area contributed by atoms with E-state index in [1.165, 1.54) is 25.3 Å². The SMILES string of the molecule is C=CCOc1c(Cl)cc(/C=C(\C#N)C(=O)Nc2ccc(C(=O)OCC)cc2)cc1OC. The lowest BCUT2D eigenvalue weighted by Gasteiger charge is -2.12. The van der Waals surface area contributed by atoms with E-state index in [0.29, 0.717) is 28.3 Å². The zero-order chi connectivity index (χ0) is 22.8. The number of nitriles is 1. The van der Waals surface area contributed by atoms with Crippen molar-refractivity contribution in [2.45, 2.75) is 6.92 Å². The molecule has 160 valence electrons. The molecule has 2 aromatic carbocycles. The molecule has 0 saturated carbocycles. The first kappa shape index (κ1) is 23.5. The molecule has 0 radical (unpaired) electrons. The van der Waals surface area contributed by atoms with Gasteiger partial charge in [0.15, 0.2) is 11.5 Å². The molecule has 8 heteroatoms. The third-order valence-electron chi connectivity index (χ3n) is 3.93. The molecular weight excluding hydrogens is 420 g/mol. The lowest BCUT2D eigenvalue weighted by atomic mass is 10.1. The van der Waals surface area contributed by atoms with Crippen LogP contribution in [0.25, 0.3) is 6.08 Å². The van der Waals surface area contributed by atoms with Crippen molar-refractivity contribution in [1.82, 2.24) is 0 Å². The van der Waals surface area contributed by atoms with Crippen LogP contribution in [-0.2, 0) is 9.53 Å². The van der Waals surface area contributed by atoms with Gasteiger partial charge in [0.25, 0.3) is 5.91 Å². The molecule has 0 aromatic heterocycles. The first-order chi connectivity index (χ1) is 14.9. The Kier molecular flexibility index (Phi) is 8.67. The van der Waals surface area contributed by atoms with Gasteiger partial charge in [-0.05, 0) is 55.0 Å². The van der Waals surface area contributed by atoms with Crippen LogP contribution in [0.4, 0.5) is 5.69 Å². The Labute approximate surface area is 185 Å². The zero-order valence-corrected chi connectivity index (χ0v) is 17.9. The Morgan fingerprint density at radius 1 is 1.26 bits per heavy atom. The van der Waals surface area contributed by atoms with Crippen LogP contribution in [0.5, 0.6) is 11.5 Å². The van der Waals surface area contributed by atoms with Gasteiger partial charge in [0.2, 0.25) is 0 Å². The number of amides is 1. The van der Waals surface area contributed by atoms with Gasteiger partial charge < -0.3 is 19.5 Å². The standard InChI is InChI=1S/C23H21ClN2O5/c1-4-10-31-21-19(24)12-15(13-20(21)29-3)11-17(14-25)22(27)26-18-8-6-16(7-9-18)23(28)30-5-2/h4,6-9,11-13H,1,5,10H2,2-3H3,(H,26,27)/b17-11+. The summed E-state index contributed by atoms with van der Waals surface area (Å²) < 4.78 is 15.7. The fraction of sp³-hybridized carbons (Fsp3) is 0.174. The van der Waals surface area contributed by atoms with E-state index in [9.17, 15) is 14.9 Å². The lowest BCUT2D eigenvalue weighted by Crippen LogP contribution is -2.13. The molecule has 0 aliphatic carbocycles. The number of hydrogen-bond acceptors (Lipinski definition) is 6. The maximum atomic E-state index is 12.5. The van der Waals surface area contributed by atoms with Gasteiger partial charge in [-0.15, -0.1) is 0 Å². The maximum absolute atomic E-state index is 12.5. The molecule has 0 unspecified atom stereocenters. The van der Waals surface area contributed by atoms with Crippen LogP contribution >= 0.6 is 11.6 Å². The summed E-state index contributed by atoms with van der Waals surface area (Å²) in [6.07, 6.45) is 2.95. The summed E-state index contributed by atoms with van der Waals surface area (Å²) in [4.78, 5) is 24.2. The third-order valence-corrected chi connectivity index (χ3v) is 4.21. The molecule has 2 aromatic rings. The summed E-state index contributed by atoms with van der Waals surface area (Å²) in [5.41, 5.74) is 1.11. The molecule has 0 heterocycles. The second kappa shape index (κ2) is 11.4. The fourth-order valence-corrected chi connectivity index (χ4v) is 2.80. The van der Waals surface area contributed by atoms with E-state index in [0.717, 1.165) is 0 Å². The minimum atomic E-state index is -0.617. The second-order valence-corrected chi connectivity index (χ2v) is 6.46. The van der Waals surface area contributed by atoms with Gasteiger partial charge in [0.1, 0.15) is 18.2 Å². The van der Waals surface area contributed by atoms with Gasteiger partial charge in [-0.25, -0.2) is 4.79 Å². The molecule has 2 rings (SSSR count). The first-order valence-corrected chi connectivity index (χ1v) is 9.62. The van der Waals surface area contributed by atoms with Crippen LogP contribution in [0, 0.1) is 11.3 Å². The van der Waals surface area contributed by atoms with Crippen LogP contribution in [-0.4, -0.2) is 32.2 Å². The second-order valence-electron chi connectivity index (χ2n) is 6.06. The number of anilines is 1. The van der Waals surface area contributed by atoms with E-state index in [-0.39, 0.29) is 23.8 Å². The number of carbonyl (C=O) groups excluding carboxylic acids is 2. The molecule has 0 saturated heterocycles. The average molecular weight is 441 g/mol. The quantitative estimate of drug-likeness (QED) is 0.264. The highest BCUT2D eigenvalue weighted by Gasteiger charge is 2.14. The number of nitrogens with zero attached hydrogens (tertiary/aromatic N) is 1. The highest BCUT2D eigenvalue weighted by atomic mass is 35.5. The molecule has 0 spiro atoms. The number of ether oxygens (including phenoxy) is 3. The van der Waals surface area contributed by atoms with Gasteiger partial charge >= 0.3 is 5.97 Å². The summed E-state index contributed by atoms with van der Waals surface area (Å²) >= 11 is 6.26. The van der Waals surface area contributed by atoms with Gasteiger partial charge in [0.05, 0.1) is 24.3 Å². The molecule has 0 bridgehead atoms. The summed E-state index contributed by atoms with van der Waals surface area (Å²) in [6.45, 7) is 5.81. The van der Waals surface area contributed by atoms with E-state index in [1.54, 1.807) is 37.3 Å². The predicted molar refractivity (Wildman–Crippen MR) is 118 cm³/mol. The number of nitrogens with one attached hydrogen (secondary N) is 1. The number of carbonyl (C=O) groups is 2. The number of methoxy groups -OCH3 is 1.